The van der Waals surface area contributed by atoms with Gasteiger partial charge in [-0.15, -0.1) is 0 Å². The van der Waals surface area contributed by atoms with E-state index in [0.29, 0.717) is 6.42 Å². The van der Waals surface area contributed by atoms with Gasteiger partial charge in [0.15, 0.2) is 0 Å². The molecule has 0 saturated heterocycles. The molecule has 0 unspecified atom stereocenters. The minimum absolute atomic E-state index is 0.149. The zero-order valence-corrected chi connectivity index (χ0v) is 15.0. The molecule has 0 amide bonds. The monoisotopic (exact) mass is 379 g/mol. The van der Waals surface area contributed by atoms with E-state index in [1.54, 1.807) is 0 Å². The van der Waals surface area contributed by atoms with Crippen LogP contribution in [0.4, 0.5) is 0 Å². The van der Waals surface area contributed by atoms with Crippen LogP contribution in [0.25, 0.3) is 6.08 Å². The van der Waals surface area contributed by atoms with Gasteiger partial charge >= 0.3 is 0 Å². The van der Waals surface area contributed by atoms with Crippen molar-refractivity contribution in [3.05, 3.63) is 77.9 Å². The molecule has 0 aromatic heterocycles. The van der Waals surface area contributed by atoms with Crippen LogP contribution in [0.15, 0.2) is 71.7 Å². The number of ether oxygens (including phenoxy) is 1. The van der Waals surface area contributed by atoms with E-state index in [-0.39, 0.29) is 18.0 Å². The van der Waals surface area contributed by atoms with Crippen LogP contribution in [0.3, 0.4) is 0 Å². The third-order valence-electron chi connectivity index (χ3n) is 3.72. The molecule has 2 atom stereocenters. The first-order chi connectivity index (χ1) is 11.5. The lowest BCUT2D eigenvalue weighted by Gasteiger charge is -2.17. The maximum absolute atomic E-state index is 5.94. The first-order valence-corrected chi connectivity index (χ1v) is 8.74. The molecule has 0 spiro atoms. The van der Waals surface area contributed by atoms with Crippen molar-refractivity contribution in [3.63, 3.8) is 0 Å². The standard InChI is InChI=1S/C19H16Cl3NO/c20-19(21,22)18-23-16(12-11-14-7-3-1-4-8-14)17(24-18)13-15-9-5-2-6-10-15/h1-12,16-17H,13H2/b12-11+/t16-,17-/m0/s1. The Labute approximate surface area is 156 Å². The second-order valence-electron chi connectivity index (χ2n) is 5.54. The van der Waals surface area contributed by atoms with E-state index in [2.05, 4.69) is 17.1 Å². The fourth-order valence-electron chi connectivity index (χ4n) is 2.55. The number of halogens is 3. The van der Waals surface area contributed by atoms with Crippen LogP contribution >= 0.6 is 34.8 Å². The summed E-state index contributed by atoms with van der Waals surface area (Å²) in [5.41, 5.74) is 2.25. The van der Waals surface area contributed by atoms with Gasteiger partial charge in [-0.25, -0.2) is 4.99 Å². The van der Waals surface area contributed by atoms with E-state index in [1.807, 2.05) is 60.7 Å². The lowest BCUT2D eigenvalue weighted by atomic mass is 10.0. The van der Waals surface area contributed by atoms with Crippen LogP contribution in [0.2, 0.25) is 0 Å². The van der Waals surface area contributed by atoms with Gasteiger partial charge in [-0.2, -0.15) is 0 Å². The summed E-state index contributed by atoms with van der Waals surface area (Å²) in [5.74, 6) is 0.149. The molecule has 1 aliphatic heterocycles. The van der Waals surface area contributed by atoms with E-state index in [4.69, 9.17) is 39.5 Å². The Morgan fingerprint density at radius 2 is 1.58 bits per heavy atom. The Morgan fingerprint density at radius 3 is 2.21 bits per heavy atom. The summed E-state index contributed by atoms with van der Waals surface area (Å²) < 4.78 is 4.19. The van der Waals surface area contributed by atoms with E-state index < -0.39 is 3.79 Å². The number of alkyl halides is 3. The molecule has 0 aliphatic carbocycles. The lowest BCUT2D eigenvalue weighted by Crippen LogP contribution is -2.26. The van der Waals surface area contributed by atoms with E-state index in [1.165, 1.54) is 0 Å². The third kappa shape index (κ3) is 4.54. The molecule has 0 radical (unpaired) electrons. The first kappa shape index (κ1) is 17.3. The van der Waals surface area contributed by atoms with Crippen molar-refractivity contribution < 1.29 is 4.74 Å². The quantitative estimate of drug-likeness (QED) is 0.644. The highest BCUT2D eigenvalue weighted by molar-refractivity contribution is 6.76. The van der Waals surface area contributed by atoms with Crippen molar-refractivity contribution in [1.82, 2.24) is 0 Å². The van der Waals surface area contributed by atoms with Gasteiger partial charge in [-0.05, 0) is 11.1 Å². The lowest BCUT2D eigenvalue weighted by molar-refractivity contribution is 0.203. The topological polar surface area (TPSA) is 21.6 Å². The number of hydrogen-bond donors (Lipinski definition) is 0. The second-order valence-corrected chi connectivity index (χ2v) is 7.82. The molecule has 2 nitrogen and oxygen atoms in total. The Hall–Kier alpha value is -1.48. The van der Waals surface area contributed by atoms with Crippen LogP contribution in [-0.2, 0) is 11.2 Å². The summed E-state index contributed by atoms with van der Waals surface area (Å²) >= 11 is 17.8. The second kappa shape index (κ2) is 7.60. The molecular weight excluding hydrogens is 365 g/mol. The average Bonchev–Trinajstić information content (AvgIpc) is 2.98. The fourth-order valence-corrected chi connectivity index (χ4v) is 2.83. The Morgan fingerprint density at radius 1 is 0.958 bits per heavy atom. The van der Waals surface area contributed by atoms with Crippen molar-refractivity contribution >= 4 is 46.8 Å². The summed E-state index contributed by atoms with van der Waals surface area (Å²) in [7, 11) is 0. The highest BCUT2D eigenvalue weighted by Crippen LogP contribution is 2.34. The minimum atomic E-state index is -1.65. The predicted molar refractivity (Wildman–Crippen MR) is 102 cm³/mol. The van der Waals surface area contributed by atoms with Gasteiger partial charge in [0.25, 0.3) is 3.79 Å². The predicted octanol–water partition coefficient (Wildman–Crippen LogP) is 5.48. The van der Waals surface area contributed by atoms with Crippen LogP contribution < -0.4 is 0 Å². The molecule has 0 bridgehead atoms. The third-order valence-corrected chi connectivity index (χ3v) is 4.20. The van der Waals surface area contributed by atoms with Crippen LogP contribution in [-0.4, -0.2) is 21.8 Å². The molecule has 0 N–H and O–H groups in total. The highest BCUT2D eigenvalue weighted by atomic mass is 35.6. The summed E-state index contributed by atoms with van der Waals surface area (Å²) in [6.07, 6.45) is 4.50. The van der Waals surface area contributed by atoms with Crippen LogP contribution in [0.1, 0.15) is 11.1 Å². The Bertz CT molecular complexity index is 723. The van der Waals surface area contributed by atoms with E-state index >= 15 is 0 Å². The molecule has 24 heavy (non-hydrogen) atoms. The molecule has 5 heteroatoms. The van der Waals surface area contributed by atoms with Gasteiger partial charge in [-0.1, -0.05) is 108 Å². The van der Waals surface area contributed by atoms with Gasteiger partial charge in [0.05, 0.1) is 0 Å². The largest absolute Gasteiger partial charge is 0.472 e. The molecule has 2 aromatic carbocycles. The molecule has 0 fully saturated rings. The summed E-state index contributed by atoms with van der Waals surface area (Å²) in [4.78, 5) is 4.46. The normalized spacial score (nSPS) is 20.9. The number of aliphatic imine (C=N–C) groups is 1. The number of benzene rings is 2. The highest BCUT2D eigenvalue weighted by Gasteiger charge is 2.39. The van der Waals surface area contributed by atoms with E-state index in [0.717, 1.165) is 11.1 Å². The molecular formula is C19H16Cl3NO. The first-order valence-electron chi connectivity index (χ1n) is 7.61. The summed E-state index contributed by atoms with van der Waals surface area (Å²) in [5, 5.41) is 0. The Balaban J connectivity index is 1.80. The van der Waals surface area contributed by atoms with Crippen LogP contribution in [0.5, 0.6) is 0 Å². The maximum atomic E-state index is 5.94. The smallest absolute Gasteiger partial charge is 0.266 e. The van der Waals surface area contributed by atoms with Gasteiger partial charge in [0, 0.05) is 6.42 Å². The van der Waals surface area contributed by atoms with Crippen molar-refractivity contribution in [2.45, 2.75) is 22.4 Å². The van der Waals surface area contributed by atoms with Gasteiger partial charge in [0.1, 0.15) is 12.1 Å². The SMILES string of the molecule is ClC(Cl)(Cl)C1=N[C@@H](/C=C/c2ccccc2)[C@H](Cc2ccccc2)O1. The summed E-state index contributed by atoms with van der Waals surface area (Å²) in [6.45, 7) is 0. The number of hydrogen-bond acceptors (Lipinski definition) is 2. The molecule has 0 saturated carbocycles. The number of rotatable bonds is 4. The average molecular weight is 381 g/mol. The minimum Gasteiger partial charge on any atom is -0.472 e. The molecule has 124 valence electrons. The van der Waals surface area contributed by atoms with Crippen molar-refractivity contribution in [2.24, 2.45) is 4.99 Å². The van der Waals surface area contributed by atoms with Gasteiger partial charge < -0.3 is 4.74 Å². The van der Waals surface area contributed by atoms with Gasteiger partial charge in [0.2, 0.25) is 5.90 Å². The summed E-state index contributed by atoms with van der Waals surface area (Å²) in [6, 6.07) is 19.9. The molecule has 2 aromatic rings. The molecule has 1 heterocycles. The van der Waals surface area contributed by atoms with Crippen molar-refractivity contribution in [3.8, 4) is 0 Å². The van der Waals surface area contributed by atoms with Crippen molar-refractivity contribution in [2.75, 3.05) is 0 Å². The maximum Gasteiger partial charge on any atom is 0.266 e. The molecule has 1 aliphatic rings. The van der Waals surface area contributed by atoms with Gasteiger partial charge in [-0.3, -0.25) is 0 Å². The Kier molecular flexibility index (Phi) is 5.50. The molecule has 3 rings (SSSR count). The van der Waals surface area contributed by atoms with Crippen molar-refractivity contribution in [1.29, 1.82) is 0 Å². The van der Waals surface area contributed by atoms with E-state index in [9.17, 15) is 0 Å². The zero-order chi connectivity index (χ0) is 17.0. The number of nitrogens with zero attached hydrogens (tertiary/aromatic N) is 1. The fraction of sp³-hybridized carbons (Fsp3) is 0.211. The van der Waals surface area contributed by atoms with Crippen LogP contribution in [0, 0.1) is 0 Å². The zero-order valence-electron chi connectivity index (χ0n) is 12.8.